The molecule has 1 aromatic heterocycles. The highest BCUT2D eigenvalue weighted by Crippen LogP contribution is 2.45. The number of carbonyl (C=O) groups excluding carboxylic acids is 3. The first-order chi connectivity index (χ1) is 18.6. The van der Waals surface area contributed by atoms with Crippen LogP contribution in [0.5, 0.6) is 11.5 Å². The highest BCUT2D eigenvalue weighted by molar-refractivity contribution is 7.17. The summed E-state index contributed by atoms with van der Waals surface area (Å²) in [6.07, 6.45) is 1.56. The number of aliphatic hydroxyl groups is 1. The summed E-state index contributed by atoms with van der Waals surface area (Å²) in [7, 11) is 2.65. The zero-order valence-corrected chi connectivity index (χ0v) is 22.4. The van der Waals surface area contributed by atoms with Crippen LogP contribution in [0.2, 0.25) is 0 Å². The Hall–Kier alpha value is -4.51. The van der Waals surface area contributed by atoms with E-state index < -0.39 is 35.3 Å². The zero-order valence-electron chi connectivity index (χ0n) is 21.6. The third-order valence-electron chi connectivity index (χ3n) is 6.11. The lowest BCUT2D eigenvalue weighted by atomic mass is 9.94. The van der Waals surface area contributed by atoms with Crippen molar-refractivity contribution in [3.05, 3.63) is 87.7 Å². The fourth-order valence-corrected chi connectivity index (χ4v) is 5.14. The third kappa shape index (κ3) is 5.00. The first-order valence-corrected chi connectivity index (χ1v) is 12.5. The van der Waals surface area contributed by atoms with Gasteiger partial charge < -0.3 is 19.3 Å². The SMILES string of the molecule is C=CCOc1ccc(C2/C(=C(/O)c3ccc(C)c(F)c3)C(=O)C(=O)N2c2nc(C)c(C(=O)OC)s2)cc1OC. The summed E-state index contributed by atoms with van der Waals surface area (Å²) in [5, 5.41) is 11.3. The number of aliphatic hydroxyl groups excluding tert-OH is 1. The van der Waals surface area contributed by atoms with Gasteiger partial charge >= 0.3 is 11.9 Å². The molecular weight excluding hydrogens is 527 g/mol. The van der Waals surface area contributed by atoms with Crippen molar-refractivity contribution < 1.29 is 38.1 Å². The van der Waals surface area contributed by atoms with E-state index in [-0.39, 0.29) is 27.8 Å². The number of Topliss-reactive ketones (excluding diaryl/α,β-unsaturated/α-hetero) is 1. The molecule has 4 rings (SSSR count). The van der Waals surface area contributed by atoms with Gasteiger partial charge in [0.05, 0.1) is 31.5 Å². The van der Waals surface area contributed by atoms with Crippen molar-refractivity contribution in [2.75, 3.05) is 25.7 Å². The Labute approximate surface area is 227 Å². The Bertz CT molecular complexity index is 1530. The third-order valence-corrected chi connectivity index (χ3v) is 7.25. The highest BCUT2D eigenvalue weighted by Gasteiger charge is 2.48. The van der Waals surface area contributed by atoms with Crippen LogP contribution in [0.1, 0.15) is 38.1 Å². The number of ether oxygens (including phenoxy) is 3. The summed E-state index contributed by atoms with van der Waals surface area (Å²) < 4.78 is 30.3. The molecule has 1 N–H and O–H groups in total. The Morgan fingerprint density at radius 2 is 1.92 bits per heavy atom. The second-order valence-corrected chi connectivity index (χ2v) is 9.52. The molecule has 2 heterocycles. The smallest absolute Gasteiger partial charge is 0.350 e. The number of carbonyl (C=O) groups is 3. The summed E-state index contributed by atoms with van der Waals surface area (Å²) in [6.45, 7) is 6.96. The first-order valence-electron chi connectivity index (χ1n) is 11.7. The van der Waals surface area contributed by atoms with Gasteiger partial charge in [-0.2, -0.15) is 0 Å². The minimum Gasteiger partial charge on any atom is -0.507 e. The van der Waals surface area contributed by atoms with E-state index >= 15 is 0 Å². The quantitative estimate of drug-likeness (QED) is 0.138. The van der Waals surface area contributed by atoms with Crippen LogP contribution in [0.25, 0.3) is 5.76 Å². The van der Waals surface area contributed by atoms with Crippen molar-refractivity contribution >= 4 is 39.9 Å². The highest BCUT2D eigenvalue weighted by atomic mass is 32.1. The van der Waals surface area contributed by atoms with Crippen LogP contribution >= 0.6 is 11.3 Å². The molecule has 9 nitrogen and oxygen atoms in total. The molecule has 3 aromatic rings. The van der Waals surface area contributed by atoms with Crippen molar-refractivity contribution in [3.8, 4) is 11.5 Å². The number of benzene rings is 2. The molecular formula is C28H25FN2O7S. The lowest BCUT2D eigenvalue weighted by Gasteiger charge is -2.24. The van der Waals surface area contributed by atoms with Gasteiger partial charge in [-0.25, -0.2) is 14.2 Å². The van der Waals surface area contributed by atoms with Crippen molar-refractivity contribution in [2.24, 2.45) is 0 Å². The Kier molecular flexibility index (Phi) is 7.82. The van der Waals surface area contributed by atoms with Crippen molar-refractivity contribution in [2.45, 2.75) is 19.9 Å². The second kappa shape index (κ2) is 11.1. The maximum atomic E-state index is 14.4. The fourth-order valence-electron chi connectivity index (χ4n) is 4.13. The molecule has 1 fully saturated rings. The Balaban J connectivity index is 1.96. The van der Waals surface area contributed by atoms with Crippen LogP contribution in [-0.4, -0.2) is 48.6 Å². The zero-order chi connectivity index (χ0) is 28.4. The average Bonchev–Trinajstić information content (AvgIpc) is 3.44. The number of halogens is 1. The van der Waals surface area contributed by atoms with Crippen molar-refractivity contribution in [3.63, 3.8) is 0 Å². The van der Waals surface area contributed by atoms with E-state index in [9.17, 15) is 23.9 Å². The summed E-state index contributed by atoms with van der Waals surface area (Å²) in [4.78, 5) is 44.7. The van der Waals surface area contributed by atoms with E-state index in [1.807, 2.05) is 0 Å². The van der Waals surface area contributed by atoms with Gasteiger partial charge in [0.2, 0.25) is 0 Å². The second-order valence-electron chi connectivity index (χ2n) is 8.55. The molecule has 1 aliphatic heterocycles. The monoisotopic (exact) mass is 552 g/mol. The Morgan fingerprint density at radius 3 is 2.56 bits per heavy atom. The van der Waals surface area contributed by atoms with Gasteiger partial charge in [-0.15, -0.1) is 0 Å². The molecule has 39 heavy (non-hydrogen) atoms. The summed E-state index contributed by atoms with van der Waals surface area (Å²) in [5.41, 5.74) is 0.756. The molecule has 11 heteroatoms. The maximum absolute atomic E-state index is 14.4. The van der Waals surface area contributed by atoms with E-state index in [1.165, 1.54) is 26.4 Å². The molecule has 1 amide bonds. The summed E-state index contributed by atoms with van der Waals surface area (Å²) in [5.74, 6) is -3.10. The Morgan fingerprint density at radius 1 is 1.18 bits per heavy atom. The van der Waals surface area contributed by atoms with Crippen LogP contribution in [0.3, 0.4) is 0 Å². The number of amides is 1. The number of hydrogen-bond donors (Lipinski definition) is 1. The van der Waals surface area contributed by atoms with E-state index in [2.05, 4.69) is 11.6 Å². The molecule has 1 saturated heterocycles. The number of esters is 1. The van der Waals surface area contributed by atoms with Crippen molar-refractivity contribution in [1.82, 2.24) is 4.98 Å². The summed E-state index contributed by atoms with van der Waals surface area (Å²) >= 11 is 0.868. The van der Waals surface area contributed by atoms with Gasteiger partial charge in [0, 0.05) is 5.56 Å². The number of aryl methyl sites for hydroxylation is 2. The van der Waals surface area contributed by atoms with Crippen LogP contribution in [0.15, 0.2) is 54.6 Å². The van der Waals surface area contributed by atoms with Crippen LogP contribution in [-0.2, 0) is 14.3 Å². The molecule has 1 atom stereocenters. The first kappa shape index (κ1) is 27.5. The molecule has 202 valence electrons. The summed E-state index contributed by atoms with van der Waals surface area (Å²) in [6, 6.07) is 7.57. The maximum Gasteiger partial charge on any atom is 0.350 e. The van der Waals surface area contributed by atoms with Crippen LogP contribution in [0, 0.1) is 19.7 Å². The fraction of sp³-hybridized carbons (Fsp3) is 0.214. The minimum absolute atomic E-state index is 0.0181. The van der Waals surface area contributed by atoms with Gasteiger partial charge in [0.15, 0.2) is 16.6 Å². The lowest BCUT2D eigenvalue weighted by molar-refractivity contribution is -0.132. The largest absolute Gasteiger partial charge is 0.507 e. The molecule has 2 aromatic carbocycles. The van der Waals surface area contributed by atoms with Gasteiger partial charge in [-0.1, -0.05) is 42.2 Å². The minimum atomic E-state index is -1.19. The predicted octanol–water partition coefficient (Wildman–Crippen LogP) is 4.89. The van der Waals surface area contributed by atoms with Gasteiger partial charge in [0.1, 0.15) is 23.1 Å². The molecule has 1 aliphatic rings. The van der Waals surface area contributed by atoms with Crippen LogP contribution in [0.4, 0.5) is 9.52 Å². The van der Waals surface area contributed by atoms with E-state index in [4.69, 9.17) is 14.2 Å². The van der Waals surface area contributed by atoms with Gasteiger partial charge in [-0.3, -0.25) is 14.5 Å². The standard InChI is InChI=1S/C28H25FN2O7S/c1-6-11-38-19-10-9-16(13-20(19)36-4)22-21(23(32)17-8-7-14(2)18(29)12-17)24(33)26(34)31(22)28-30-15(3)25(39-28)27(35)37-5/h6-10,12-13,22,32H,1,11H2,2-5H3/b23-21-. The lowest BCUT2D eigenvalue weighted by Crippen LogP contribution is -2.29. The number of anilines is 1. The van der Waals surface area contributed by atoms with Crippen molar-refractivity contribution in [1.29, 1.82) is 0 Å². The molecule has 0 aliphatic carbocycles. The molecule has 0 radical (unpaired) electrons. The molecule has 0 saturated carbocycles. The van der Waals surface area contributed by atoms with Gasteiger partial charge in [-0.05, 0) is 43.2 Å². The molecule has 1 unspecified atom stereocenters. The number of ketones is 1. The normalized spacial score (nSPS) is 16.3. The number of thiazole rings is 1. The van der Waals surface area contributed by atoms with E-state index in [1.54, 1.807) is 38.1 Å². The van der Waals surface area contributed by atoms with E-state index in [0.29, 0.717) is 28.3 Å². The predicted molar refractivity (Wildman–Crippen MR) is 143 cm³/mol. The molecule has 0 spiro atoms. The average molecular weight is 553 g/mol. The number of aromatic nitrogens is 1. The number of rotatable bonds is 8. The van der Waals surface area contributed by atoms with Crippen LogP contribution < -0.4 is 14.4 Å². The number of hydrogen-bond acceptors (Lipinski definition) is 9. The van der Waals surface area contributed by atoms with E-state index in [0.717, 1.165) is 22.3 Å². The number of nitrogens with zero attached hydrogens (tertiary/aromatic N) is 2. The van der Waals surface area contributed by atoms with Gasteiger partial charge in [0.25, 0.3) is 5.78 Å². The number of methoxy groups -OCH3 is 2. The molecule has 0 bridgehead atoms. The topological polar surface area (TPSA) is 115 Å².